The van der Waals surface area contributed by atoms with E-state index in [-0.39, 0.29) is 10.8 Å². The molecule has 0 aliphatic heterocycles. The molecule has 1 aromatic rings. The van der Waals surface area contributed by atoms with E-state index in [2.05, 4.69) is 9.72 Å². The monoisotopic (exact) mass is 272 g/mol. The number of hydrogen-bond donors (Lipinski definition) is 1. The van der Waals surface area contributed by atoms with Crippen LogP contribution >= 0.6 is 11.6 Å². The lowest BCUT2D eigenvalue weighted by Gasteiger charge is -2.10. The highest BCUT2D eigenvalue weighted by Crippen LogP contribution is 2.34. The van der Waals surface area contributed by atoms with Crippen molar-refractivity contribution in [2.45, 2.75) is 11.5 Å². The van der Waals surface area contributed by atoms with Crippen LogP contribution in [0.25, 0.3) is 0 Å². The van der Waals surface area contributed by atoms with E-state index >= 15 is 0 Å². The number of pyridine rings is 1. The zero-order valence-electron chi connectivity index (χ0n) is 7.95. The van der Waals surface area contributed by atoms with Crippen LogP contribution in [0, 0.1) is 0 Å². The molecule has 0 spiro atoms. The van der Waals surface area contributed by atoms with Crippen molar-refractivity contribution in [1.29, 1.82) is 0 Å². The Balaban J connectivity index is 3.52. The van der Waals surface area contributed by atoms with Gasteiger partial charge in [0.2, 0.25) is 0 Å². The Morgan fingerprint density at radius 2 is 2.12 bits per heavy atom. The molecule has 0 radical (unpaired) electrons. The van der Waals surface area contributed by atoms with Gasteiger partial charge in [0.05, 0.1) is 12.1 Å². The third kappa shape index (κ3) is 2.57. The Morgan fingerprint density at radius 1 is 1.56 bits per heavy atom. The molecule has 1 heterocycles. The smallest absolute Gasteiger partial charge is 0.284 e. The second-order valence-electron chi connectivity index (χ2n) is 2.71. The molecule has 1 aromatic heterocycles. The van der Waals surface area contributed by atoms with Crippen LogP contribution in [0.1, 0.15) is 12.1 Å². The summed E-state index contributed by atoms with van der Waals surface area (Å²) in [4.78, 5) is 3.20. The molecule has 0 aromatic carbocycles. The van der Waals surface area contributed by atoms with Gasteiger partial charge in [-0.2, -0.15) is 0 Å². The first-order chi connectivity index (χ1) is 7.27. The summed E-state index contributed by atoms with van der Waals surface area (Å²) >= 11 is 5.57. The van der Waals surface area contributed by atoms with Gasteiger partial charge < -0.3 is 4.74 Å². The molecule has 16 heavy (non-hydrogen) atoms. The number of methoxy groups -OCH3 is 1. The molecule has 0 amide bonds. The van der Waals surface area contributed by atoms with Crippen molar-refractivity contribution in [3.63, 3.8) is 0 Å². The molecular weight excluding hydrogens is 266 g/mol. The van der Waals surface area contributed by atoms with Crippen molar-refractivity contribution in [2.24, 2.45) is 5.14 Å². The first kappa shape index (κ1) is 13.1. The van der Waals surface area contributed by atoms with E-state index in [0.717, 1.165) is 13.2 Å². The van der Waals surface area contributed by atoms with Crippen LogP contribution in [0.15, 0.2) is 11.1 Å². The van der Waals surface area contributed by atoms with Crippen LogP contribution in [0.5, 0.6) is 5.75 Å². The van der Waals surface area contributed by atoms with Gasteiger partial charge in [-0.1, -0.05) is 11.6 Å². The summed E-state index contributed by atoms with van der Waals surface area (Å²) in [5.74, 6) is -0.371. The van der Waals surface area contributed by atoms with Gasteiger partial charge in [-0.3, -0.25) is 0 Å². The summed E-state index contributed by atoms with van der Waals surface area (Å²) in [5, 5.41) is 3.73. The van der Waals surface area contributed by atoms with E-state index in [4.69, 9.17) is 16.7 Å². The number of ether oxygens (including phenoxy) is 1. The average Bonchev–Trinajstić information content (AvgIpc) is 2.14. The predicted octanol–water partition coefficient (Wildman–Crippen LogP) is 1.33. The number of nitrogens with zero attached hydrogens (tertiary/aromatic N) is 1. The van der Waals surface area contributed by atoms with Crippen LogP contribution in [-0.4, -0.2) is 20.5 Å². The molecule has 0 aliphatic carbocycles. The third-order valence-corrected chi connectivity index (χ3v) is 2.71. The Kier molecular flexibility index (Phi) is 3.66. The van der Waals surface area contributed by atoms with Crippen molar-refractivity contribution >= 4 is 21.6 Å². The van der Waals surface area contributed by atoms with E-state index in [9.17, 15) is 17.2 Å². The van der Waals surface area contributed by atoms with Crippen molar-refractivity contribution in [3.05, 3.63) is 16.8 Å². The van der Waals surface area contributed by atoms with Gasteiger partial charge in [0.15, 0.2) is 16.5 Å². The lowest BCUT2D eigenvalue weighted by Crippen LogP contribution is -2.15. The highest BCUT2D eigenvalue weighted by Gasteiger charge is 2.23. The van der Waals surface area contributed by atoms with E-state index in [1.54, 1.807) is 0 Å². The first-order valence-corrected chi connectivity index (χ1v) is 5.75. The lowest BCUT2D eigenvalue weighted by molar-refractivity contribution is 0.140. The Morgan fingerprint density at radius 3 is 2.50 bits per heavy atom. The van der Waals surface area contributed by atoms with Gasteiger partial charge >= 0.3 is 0 Å². The number of nitrogens with two attached hydrogens (primary N) is 1. The zero-order chi connectivity index (χ0) is 12.5. The van der Waals surface area contributed by atoms with Gasteiger partial charge in [-0.15, -0.1) is 0 Å². The quantitative estimate of drug-likeness (QED) is 0.900. The second-order valence-corrected chi connectivity index (χ2v) is 4.62. The molecule has 2 N–H and O–H groups in total. The minimum atomic E-state index is -4.19. The maximum atomic E-state index is 12.5. The Bertz CT molecular complexity index is 507. The Labute approximate surface area is 95.2 Å². The summed E-state index contributed by atoms with van der Waals surface area (Å²) in [6.07, 6.45) is -3.02. The summed E-state index contributed by atoms with van der Waals surface area (Å²) < 4.78 is 51.5. The number of rotatable bonds is 3. The first-order valence-electron chi connectivity index (χ1n) is 3.82. The maximum Gasteiger partial charge on any atom is 0.284 e. The molecule has 0 atom stereocenters. The highest BCUT2D eigenvalue weighted by atomic mass is 35.5. The molecule has 0 saturated carbocycles. The topological polar surface area (TPSA) is 82.3 Å². The fourth-order valence-electron chi connectivity index (χ4n) is 0.994. The minimum absolute atomic E-state index is 0.295. The molecule has 5 nitrogen and oxygen atoms in total. The standard InChI is InChI=1S/C7H7ClF2N2O3S/c1-15-6-3(8)2-4(16(11,13)14)12-5(6)7(9)10/h2,7H,1H3,(H2,11,13,14). The normalized spacial score (nSPS) is 11.9. The van der Waals surface area contributed by atoms with Crippen LogP contribution in [0.3, 0.4) is 0 Å². The highest BCUT2D eigenvalue weighted by molar-refractivity contribution is 7.89. The van der Waals surface area contributed by atoms with E-state index in [1.165, 1.54) is 0 Å². The molecule has 9 heteroatoms. The van der Waals surface area contributed by atoms with Gasteiger partial charge in [-0.05, 0) is 6.07 Å². The molecule has 90 valence electrons. The Hall–Kier alpha value is -0.990. The van der Waals surface area contributed by atoms with Gasteiger partial charge in [0.25, 0.3) is 16.4 Å². The SMILES string of the molecule is COc1c(Cl)cc(S(N)(=O)=O)nc1C(F)F. The number of halogens is 3. The lowest BCUT2D eigenvalue weighted by atomic mass is 10.3. The molecule has 0 bridgehead atoms. The molecule has 0 aliphatic rings. The molecular formula is C7H7ClF2N2O3S. The van der Waals surface area contributed by atoms with Crippen molar-refractivity contribution in [2.75, 3.05) is 7.11 Å². The number of hydrogen-bond acceptors (Lipinski definition) is 4. The molecule has 0 unspecified atom stereocenters. The van der Waals surface area contributed by atoms with Crippen LogP contribution < -0.4 is 9.88 Å². The van der Waals surface area contributed by atoms with Crippen LogP contribution in [0.4, 0.5) is 8.78 Å². The van der Waals surface area contributed by atoms with Crippen molar-refractivity contribution < 1.29 is 21.9 Å². The summed E-state index contributed by atoms with van der Waals surface area (Å²) in [5.41, 5.74) is -0.862. The largest absolute Gasteiger partial charge is 0.493 e. The average molecular weight is 273 g/mol. The van der Waals surface area contributed by atoms with Crippen LogP contribution in [0.2, 0.25) is 5.02 Å². The van der Waals surface area contributed by atoms with Crippen LogP contribution in [-0.2, 0) is 10.0 Å². The van der Waals surface area contributed by atoms with Gasteiger partial charge in [0.1, 0.15) is 0 Å². The van der Waals surface area contributed by atoms with E-state index in [1.807, 2.05) is 0 Å². The molecule has 1 rings (SSSR count). The number of alkyl halides is 2. The minimum Gasteiger partial charge on any atom is -0.493 e. The maximum absolute atomic E-state index is 12.5. The van der Waals surface area contributed by atoms with Crippen molar-refractivity contribution in [3.8, 4) is 5.75 Å². The van der Waals surface area contributed by atoms with E-state index in [0.29, 0.717) is 0 Å². The number of sulfonamides is 1. The fourth-order valence-corrected chi connectivity index (χ4v) is 1.84. The van der Waals surface area contributed by atoms with E-state index < -0.39 is 27.2 Å². The van der Waals surface area contributed by atoms with Gasteiger partial charge in [-0.25, -0.2) is 27.3 Å². The number of aromatic nitrogens is 1. The number of primary sulfonamides is 1. The zero-order valence-corrected chi connectivity index (χ0v) is 9.52. The second kappa shape index (κ2) is 4.48. The summed E-state index contributed by atoms with van der Waals surface area (Å²) in [6.45, 7) is 0. The molecule has 0 fully saturated rings. The van der Waals surface area contributed by atoms with Gasteiger partial charge in [0, 0.05) is 0 Å². The summed E-state index contributed by atoms with van der Waals surface area (Å²) in [6, 6.07) is 0.849. The fraction of sp³-hybridized carbons (Fsp3) is 0.286. The van der Waals surface area contributed by atoms with Crippen molar-refractivity contribution in [1.82, 2.24) is 4.98 Å². The predicted molar refractivity (Wildman–Crippen MR) is 52.1 cm³/mol. The third-order valence-electron chi connectivity index (χ3n) is 1.63. The summed E-state index contributed by atoms with van der Waals surface area (Å²) in [7, 11) is -3.07. The molecule has 0 saturated heterocycles.